The van der Waals surface area contributed by atoms with Crippen LogP contribution >= 0.6 is 11.3 Å². The Morgan fingerprint density at radius 1 is 0.289 bits per heavy atom. The lowest BCUT2D eigenvalue weighted by Gasteiger charge is -2.10. The molecule has 11 aromatic carbocycles. The molecule has 6 nitrogen and oxygen atoms in total. The molecule has 0 aliphatic heterocycles. The molecule has 0 fully saturated rings. The van der Waals surface area contributed by atoms with Gasteiger partial charge in [0.2, 0.25) is 0 Å². The zero-order chi connectivity index (χ0) is 49.8. The molecule has 354 valence electrons. The Labute approximate surface area is 439 Å². The summed E-state index contributed by atoms with van der Waals surface area (Å²) < 4.78 is 17.9. The van der Waals surface area contributed by atoms with Gasteiger partial charge in [0.25, 0.3) is 0 Å². The van der Waals surface area contributed by atoms with Crippen LogP contribution in [0.15, 0.2) is 251 Å². The summed E-state index contributed by atoms with van der Waals surface area (Å²) in [5.41, 5.74) is 16.4. The van der Waals surface area contributed by atoms with E-state index in [1.807, 2.05) is 36.4 Å². The first-order chi connectivity index (χ1) is 37.6. The number of para-hydroxylation sites is 2. The van der Waals surface area contributed by atoms with Crippen molar-refractivity contribution < 1.29 is 8.83 Å². The fourth-order valence-corrected chi connectivity index (χ4v) is 12.6. The first kappa shape index (κ1) is 42.5. The molecule has 76 heavy (non-hydrogen) atoms. The molecule has 0 unspecified atom stereocenters. The summed E-state index contributed by atoms with van der Waals surface area (Å²) in [6.07, 6.45) is 0. The number of rotatable bonds is 7. The van der Waals surface area contributed by atoms with Gasteiger partial charge in [-0.25, -0.2) is 15.0 Å². The molecular weight excluding hydrogens is 949 g/mol. The molecule has 0 saturated carbocycles. The average molecular weight is 989 g/mol. The molecule has 0 N–H and O–H groups in total. The van der Waals surface area contributed by atoms with E-state index in [2.05, 4.69) is 211 Å². The normalized spacial score (nSPS) is 11.9. The summed E-state index contributed by atoms with van der Waals surface area (Å²) in [7, 11) is 0. The van der Waals surface area contributed by atoms with Gasteiger partial charge >= 0.3 is 0 Å². The summed E-state index contributed by atoms with van der Waals surface area (Å²) in [6.45, 7) is 0. The molecule has 0 saturated heterocycles. The van der Waals surface area contributed by atoms with Gasteiger partial charge in [0.05, 0.1) is 11.0 Å². The van der Waals surface area contributed by atoms with Crippen LogP contribution < -0.4 is 0 Å². The van der Waals surface area contributed by atoms with Gasteiger partial charge in [0.1, 0.15) is 22.3 Å². The number of benzene rings is 11. The molecule has 7 heteroatoms. The summed E-state index contributed by atoms with van der Waals surface area (Å²) in [4.78, 5) is 15.5. The largest absolute Gasteiger partial charge is 0.456 e. The number of thiophene rings is 1. The van der Waals surface area contributed by atoms with Crippen LogP contribution in [0.5, 0.6) is 0 Å². The number of aromatic nitrogens is 4. The predicted molar refractivity (Wildman–Crippen MR) is 314 cm³/mol. The van der Waals surface area contributed by atoms with E-state index >= 15 is 0 Å². The van der Waals surface area contributed by atoms with Crippen molar-refractivity contribution in [2.75, 3.05) is 0 Å². The molecule has 0 amide bonds. The van der Waals surface area contributed by atoms with E-state index in [1.165, 1.54) is 26.5 Å². The molecule has 0 aliphatic carbocycles. The Morgan fingerprint density at radius 2 is 0.803 bits per heavy atom. The minimum Gasteiger partial charge on any atom is -0.456 e. The van der Waals surface area contributed by atoms with Crippen LogP contribution in [0.4, 0.5) is 0 Å². The minimum atomic E-state index is 0.581. The second-order valence-corrected chi connectivity index (χ2v) is 20.6. The molecule has 5 heterocycles. The van der Waals surface area contributed by atoms with Gasteiger partial charge in [-0.15, -0.1) is 11.3 Å². The molecule has 16 aromatic rings. The van der Waals surface area contributed by atoms with E-state index in [1.54, 1.807) is 11.3 Å². The van der Waals surface area contributed by atoms with Crippen molar-refractivity contribution >= 4 is 97.2 Å². The molecule has 0 spiro atoms. The smallest absolute Gasteiger partial charge is 0.164 e. The van der Waals surface area contributed by atoms with Crippen molar-refractivity contribution in [2.45, 2.75) is 0 Å². The lowest BCUT2D eigenvalue weighted by atomic mass is 9.99. The number of nitrogens with zero attached hydrogens (tertiary/aromatic N) is 4. The highest BCUT2D eigenvalue weighted by atomic mass is 32.1. The zero-order valence-corrected chi connectivity index (χ0v) is 41.4. The van der Waals surface area contributed by atoms with E-state index in [9.17, 15) is 0 Å². The minimum absolute atomic E-state index is 0.581. The quantitative estimate of drug-likeness (QED) is 0.159. The van der Waals surface area contributed by atoms with Gasteiger partial charge in [-0.3, -0.25) is 0 Å². The van der Waals surface area contributed by atoms with E-state index in [-0.39, 0.29) is 0 Å². The zero-order valence-electron chi connectivity index (χ0n) is 40.6. The molecule has 0 aliphatic rings. The fourth-order valence-electron chi connectivity index (χ4n) is 11.4. The fraction of sp³-hybridized carbons (Fsp3) is 0. The molecule has 16 rings (SSSR count). The second-order valence-electron chi connectivity index (χ2n) is 19.5. The Morgan fingerprint density at radius 3 is 1.55 bits per heavy atom. The van der Waals surface area contributed by atoms with Crippen LogP contribution in [0, 0.1) is 0 Å². The Hall–Kier alpha value is -9.95. The summed E-state index contributed by atoms with van der Waals surface area (Å²) in [5, 5.41) is 9.07. The van der Waals surface area contributed by atoms with Crippen LogP contribution in [0.1, 0.15) is 0 Å². The van der Waals surface area contributed by atoms with Crippen molar-refractivity contribution in [3.63, 3.8) is 0 Å². The van der Waals surface area contributed by atoms with Crippen molar-refractivity contribution in [1.29, 1.82) is 0 Å². The average Bonchev–Trinajstić information content (AvgIpc) is 4.30. The van der Waals surface area contributed by atoms with Gasteiger partial charge in [0, 0.05) is 74.9 Å². The first-order valence-corrected chi connectivity index (χ1v) is 26.3. The third-order valence-electron chi connectivity index (χ3n) is 15.1. The van der Waals surface area contributed by atoms with Gasteiger partial charge in [0.15, 0.2) is 17.5 Å². The van der Waals surface area contributed by atoms with Crippen molar-refractivity contribution in [2.24, 2.45) is 0 Å². The van der Waals surface area contributed by atoms with Crippen LogP contribution in [-0.4, -0.2) is 19.5 Å². The summed E-state index contributed by atoms with van der Waals surface area (Å²) in [6, 6.07) is 85.7. The van der Waals surface area contributed by atoms with Crippen molar-refractivity contribution in [3.8, 4) is 73.2 Å². The van der Waals surface area contributed by atoms with Crippen LogP contribution in [0.25, 0.3) is 159 Å². The lowest BCUT2D eigenvalue weighted by Crippen LogP contribution is -2.00. The summed E-state index contributed by atoms with van der Waals surface area (Å²) >= 11 is 1.78. The van der Waals surface area contributed by atoms with Gasteiger partial charge < -0.3 is 13.4 Å². The molecule has 0 atom stereocenters. The molecule has 0 bridgehead atoms. The Bertz CT molecular complexity index is 4990. The third kappa shape index (κ3) is 6.83. The highest BCUT2D eigenvalue weighted by Crippen LogP contribution is 2.44. The van der Waals surface area contributed by atoms with Crippen molar-refractivity contribution in [1.82, 2.24) is 19.5 Å². The van der Waals surface area contributed by atoms with Gasteiger partial charge in [-0.1, -0.05) is 158 Å². The van der Waals surface area contributed by atoms with E-state index in [0.717, 1.165) is 115 Å². The van der Waals surface area contributed by atoms with E-state index in [0.29, 0.717) is 17.5 Å². The number of hydrogen-bond donors (Lipinski definition) is 0. The third-order valence-corrected chi connectivity index (χ3v) is 16.2. The maximum absolute atomic E-state index is 6.60. The van der Waals surface area contributed by atoms with Crippen LogP contribution in [0.2, 0.25) is 0 Å². The summed E-state index contributed by atoms with van der Waals surface area (Å²) in [5.74, 6) is 1.81. The SMILES string of the molecule is c1ccc(-c2ccc3c(c2)oc2cc(-c4nc(-c5ccccc5)nc(-c5cccc6sc7cc(-c8ccc9c(c8)oc8ccc(-c%10ccc%11c%12ccccc%12n(-c%12ccccc%12)c%11c%10)cc89)ccc7c56)n4)ccc23)cc1. The lowest BCUT2D eigenvalue weighted by molar-refractivity contribution is 0.669. The highest BCUT2D eigenvalue weighted by Gasteiger charge is 2.20. The maximum atomic E-state index is 6.60. The second kappa shape index (κ2) is 16.8. The Balaban J connectivity index is 0.758. The van der Waals surface area contributed by atoms with Crippen LogP contribution in [0.3, 0.4) is 0 Å². The molecule has 0 radical (unpaired) electrons. The number of fused-ring (bicyclic) bond motifs is 12. The number of furan rings is 2. The van der Waals surface area contributed by atoms with Crippen molar-refractivity contribution in [3.05, 3.63) is 243 Å². The van der Waals surface area contributed by atoms with Crippen LogP contribution in [-0.2, 0) is 0 Å². The van der Waals surface area contributed by atoms with E-state index < -0.39 is 0 Å². The topological polar surface area (TPSA) is 69.9 Å². The molecule has 5 aromatic heterocycles. The predicted octanol–water partition coefficient (Wildman–Crippen LogP) is 19.1. The number of hydrogen-bond acceptors (Lipinski definition) is 6. The van der Waals surface area contributed by atoms with Gasteiger partial charge in [-0.05, 0) is 118 Å². The first-order valence-electron chi connectivity index (χ1n) is 25.5. The Kier molecular flexibility index (Phi) is 9.40. The highest BCUT2D eigenvalue weighted by molar-refractivity contribution is 7.26. The maximum Gasteiger partial charge on any atom is 0.164 e. The molecular formula is C69H40N4O2S. The monoisotopic (exact) mass is 988 g/mol. The van der Waals surface area contributed by atoms with Gasteiger partial charge in [-0.2, -0.15) is 0 Å². The standard InChI is InChI=1S/C69H40N4O2S/c1-4-13-41(14-5-1)45-24-30-52-53-32-27-48(39-63(53)75-61(52)37-45)68-70-67(42-15-6-2-7-16-42)71-69(72-68)56-20-12-22-64-66(56)55-33-26-47(40-65(55)76-64)46-25-31-54-57-35-43(28-34-60(57)74-62(54)38-46)44-23-29-51-50-19-10-11-21-58(50)73(59(51)36-44)49-17-8-3-9-18-49/h1-40H. The van der Waals surface area contributed by atoms with E-state index in [4.69, 9.17) is 23.8 Å².